The zero-order chi connectivity index (χ0) is 12.8. The van der Waals surface area contributed by atoms with Crippen LogP contribution < -0.4 is 5.73 Å². The first-order valence-corrected chi connectivity index (χ1v) is 7.38. The van der Waals surface area contributed by atoms with Crippen molar-refractivity contribution in [2.75, 3.05) is 6.54 Å². The van der Waals surface area contributed by atoms with Crippen LogP contribution in [0.25, 0.3) is 0 Å². The third kappa shape index (κ3) is 1.56. The van der Waals surface area contributed by atoms with Gasteiger partial charge in [0.1, 0.15) is 0 Å². The van der Waals surface area contributed by atoms with Gasteiger partial charge in [-0.3, -0.25) is 0 Å². The van der Waals surface area contributed by atoms with Crippen LogP contribution in [-0.4, -0.2) is 6.54 Å². The lowest BCUT2D eigenvalue weighted by Crippen LogP contribution is -2.28. The molecule has 2 saturated carbocycles. The molecule has 2 fully saturated rings. The lowest BCUT2D eigenvalue weighted by molar-refractivity contribution is 0.325. The lowest BCUT2D eigenvalue weighted by Gasteiger charge is -2.32. The van der Waals surface area contributed by atoms with E-state index in [9.17, 15) is 0 Å². The first-order chi connectivity index (χ1) is 8.63. The summed E-state index contributed by atoms with van der Waals surface area (Å²) in [5.41, 5.74) is 8.44. The topological polar surface area (TPSA) is 26.0 Å². The summed E-state index contributed by atoms with van der Waals surface area (Å²) >= 11 is 0. The summed E-state index contributed by atoms with van der Waals surface area (Å²) in [7, 11) is 0. The highest BCUT2D eigenvalue weighted by molar-refractivity contribution is 5.33. The van der Waals surface area contributed by atoms with Crippen LogP contribution in [0, 0.1) is 17.3 Å². The van der Waals surface area contributed by atoms with E-state index in [-0.39, 0.29) is 0 Å². The van der Waals surface area contributed by atoms with Gasteiger partial charge in [0.2, 0.25) is 0 Å². The van der Waals surface area contributed by atoms with Crippen LogP contribution >= 0.6 is 0 Å². The van der Waals surface area contributed by atoms with E-state index < -0.39 is 0 Å². The fraction of sp³-hybridized carbons (Fsp3) is 0.647. The molecule has 2 unspecified atom stereocenters. The van der Waals surface area contributed by atoms with Crippen LogP contribution in [0.5, 0.6) is 0 Å². The smallest absolute Gasteiger partial charge is 0.00102 e. The average molecular weight is 243 g/mol. The van der Waals surface area contributed by atoms with Crippen LogP contribution in [0.15, 0.2) is 30.3 Å². The van der Waals surface area contributed by atoms with E-state index in [2.05, 4.69) is 44.2 Å². The summed E-state index contributed by atoms with van der Waals surface area (Å²) in [6.45, 7) is 5.68. The maximum absolute atomic E-state index is 6.00. The van der Waals surface area contributed by atoms with Crippen LogP contribution in [0.3, 0.4) is 0 Å². The molecule has 0 spiro atoms. The predicted octanol–water partition coefficient (Wildman–Crippen LogP) is 3.73. The van der Waals surface area contributed by atoms with E-state index in [0.29, 0.717) is 10.8 Å². The van der Waals surface area contributed by atoms with Crippen molar-refractivity contribution >= 4 is 0 Å². The lowest BCUT2D eigenvalue weighted by atomic mass is 9.72. The standard InChI is InChI=1S/C17H25N/c1-16(2)14(12-18)15(16)17(10-6-7-11-17)13-8-4-3-5-9-13/h3-5,8-9,14-15H,6-7,10-12,18H2,1-2H3. The minimum absolute atomic E-state index is 0.425. The van der Waals surface area contributed by atoms with Crippen LogP contribution in [0.4, 0.5) is 0 Å². The average Bonchev–Trinajstić information content (AvgIpc) is 2.78. The van der Waals surface area contributed by atoms with Gasteiger partial charge in [0, 0.05) is 0 Å². The zero-order valence-electron chi connectivity index (χ0n) is 11.7. The minimum atomic E-state index is 0.425. The van der Waals surface area contributed by atoms with E-state index >= 15 is 0 Å². The zero-order valence-corrected chi connectivity index (χ0v) is 11.7. The summed E-state index contributed by atoms with van der Waals surface area (Å²) in [6, 6.07) is 11.2. The van der Waals surface area contributed by atoms with E-state index in [0.717, 1.165) is 18.4 Å². The maximum atomic E-state index is 6.00. The van der Waals surface area contributed by atoms with Gasteiger partial charge in [-0.1, -0.05) is 57.0 Å². The van der Waals surface area contributed by atoms with Gasteiger partial charge < -0.3 is 5.73 Å². The van der Waals surface area contributed by atoms with Gasteiger partial charge in [0.15, 0.2) is 0 Å². The van der Waals surface area contributed by atoms with Crippen molar-refractivity contribution in [1.29, 1.82) is 0 Å². The molecular formula is C17H25N. The Kier molecular flexibility index (Phi) is 2.78. The Morgan fingerprint density at radius 2 is 1.72 bits per heavy atom. The van der Waals surface area contributed by atoms with E-state index in [1.807, 2.05) is 0 Å². The molecular weight excluding hydrogens is 218 g/mol. The summed E-state index contributed by atoms with van der Waals surface area (Å²) in [5, 5.41) is 0. The third-order valence-electron chi connectivity index (χ3n) is 5.74. The molecule has 1 heteroatoms. The van der Waals surface area contributed by atoms with Gasteiger partial charge >= 0.3 is 0 Å². The number of rotatable bonds is 3. The molecule has 1 aromatic carbocycles. The highest BCUT2D eigenvalue weighted by Crippen LogP contribution is 2.69. The molecule has 2 aliphatic rings. The highest BCUT2D eigenvalue weighted by Gasteiger charge is 2.65. The Morgan fingerprint density at radius 3 is 2.22 bits per heavy atom. The Morgan fingerprint density at radius 1 is 1.11 bits per heavy atom. The van der Waals surface area contributed by atoms with E-state index in [1.54, 1.807) is 5.56 Å². The molecule has 2 N–H and O–H groups in total. The van der Waals surface area contributed by atoms with Crippen molar-refractivity contribution in [3.8, 4) is 0 Å². The monoisotopic (exact) mass is 243 g/mol. The minimum Gasteiger partial charge on any atom is -0.330 e. The Labute approximate surface area is 111 Å². The fourth-order valence-electron chi connectivity index (χ4n) is 4.84. The van der Waals surface area contributed by atoms with Crippen LogP contribution in [-0.2, 0) is 5.41 Å². The quantitative estimate of drug-likeness (QED) is 0.860. The van der Waals surface area contributed by atoms with Crippen molar-refractivity contribution in [2.24, 2.45) is 23.0 Å². The molecule has 1 nitrogen and oxygen atoms in total. The largest absolute Gasteiger partial charge is 0.330 e. The first-order valence-electron chi connectivity index (χ1n) is 7.38. The third-order valence-corrected chi connectivity index (χ3v) is 5.74. The van der Waals surface area contributed by atoms with Gasteiger partial charge in [0.05, 0.1) is 0 Å². The van der Waals surface area contributed by atoms with E-state index in [1.165, 1.54) is 25.7 Å². The molecule has 98 valence electrons. The molecule has 0 aliphatic heterocycles. The number of hydrogen-bond acceptors (Lipinski definition) is 1. The molecule has 0 radical (unpaired) electrons. The Balaban J connectivity index is 1.99. The van der Waals surface area contributed by atoms with Gasteiger partial charge in [-0.05, 0) is 47.6 Å². The van der Waals surface area contributed by atoms with Crippen LogP contribution in [0.2, 0.25) is 0 Å². The summed E-state index contributed by atoms with van der Waals surface area (Å²) in [4.78, 5) is 0. The second kappa shape index (κ2) is 4.09. The van der Waals surface area contributed by atoms with Crippen molar-refractivity contribution in [3.05, 3.63) is 35.9 Å². The molecule has 0 amide bonds. The summed E-state index contributed by atoms with van der Waals surface area (Å²) in [6.07, 6.45) is 5.50. The molecule has 2 aliphatic carbocycles. The van der Waals surface area contributed by atoms with Gasteiger partial charge in [-0.25, -0.2) is 0 Å². The normalized spacial score (nSPS) is 32.4. The Bertz CT molecular complexity index is 414. The van der Waals surface area contributed by atoms with Gasteiger partial charge in [-0.15, -0.1) is 0 Å². The van der Waals surface area contributed by atoms with Gasteiger partial charge in [0.25, 0.3) is 0 Å². The molecule has 0 heterocycles. The predicted molar refractivity (Wildman–Crippen MR) is 76.4 cm³/mol. The van der Waals surface area contributed by atoms with Crippen molar-refractivity contribution in [1.82, 2.24) is 0 Å². The maximum Gasteiger partial charge on any atom is -0.00102 e. The number of nitrogens with two attached hydrogens (primary N) is 1. The molecule has 0 aromatic heterocycles. The highest BCUT2D eigenvalue weighted by atomic mass is 14.8. The SMILES string of the molecule is CC1(C)C(CN)C1C1(c2ccccc2)CCCC1. The van der Waals surface area contributed by atoms with Crippen LogP contribution in [0.1, 0.15) is 45.1 Å². The second-order valence-corrected chi connectivity index (χ2v) is 6.87. The number of hydrogen-bond donors (Lipinski definition) is 1. The fourth-order valence-corrected chi connectivity index (χ4v) is 4.84. The molecule has 3 rings (SSSR count). The molecule has 1 aromatic rings. The van der Waals surface area contributed by atoms with E-state index in [4.69, 9.17) is 5.73 Å². The number of benzene rings is 1. The summed E-state index contributed by atoms with van der Waals surface area (Å²) < 4.78 is 0. The molecule has 0 saturated heterocycles. The van der Waals surface area contributed by atoms with Gasteiger partial charge in [-0.2, -0.15) is 0 Å². The molecule has 0 bridgehead atoms. The molecule has 18 heavy (non-hydrogen) atoms. The molecule has 2 atom stereocenters. The Hall–Kier alpha value is -0.820. The summed E-state index contributed by atoms with van der Waals surface area (Å²) in [5.74, 6) is 1.51. The van der Waals surface area contributed by atoms with Crippen molar-refractivity contribution < 1.29 is 0 Å². The van der Waals surface area contributed by atoms with Crippen molar-refractivity contribution in [2.45, 2.75) is 44.9 Å². The second-order valence-electron chi connectivity index (χ2n) is 6.87. The first kappa shape index (κ1) is 12.2. The van der Waals surface area contributed by atoms with Crippen molar-refractivity contribution in [3.63, 3.8) is 0 Å².